The van der Waals surface area contributed by atoms with Crippen LogP contribution in [0.4, 0.5) is 46.5 Å². The van der Waals surface area contributed by atoms with Crippen molar-refractivity contribution in [2.24, 2.45) is 0 Å². The summed E-state index contributed by atoms with van der Waals surface area (Å²) < 4.78 is 0. The first kappa shape index (κ1) is 74.9. The first-order valence-electron chi connectivity index (χ1n) is 36.4. The van der Waals surface area contributed by atoms with E-state index in [0.717, 1.165) is 120 Å². The van der Waals surface area contributed by atoms with Crippen LogP contribution >= 0.6 is 11.6 Å². The van der Waals surface area contributed by atoms with Crippen LogP contribution in [-0.2, 0) is 6.42 Å². The lowest BCUT2D eigenvalue weighted by atomic mass is 10.00. The number of hydrogen-bond acceptors (Lipinski definition) is 24. The van der Waals surface area contributed by atoms with Crippen molar-refractivity contribution in [1.29, 1.82) is 0 Å². The van der Waals surface area contributed by atoms with Crippen molar-refractivity contribution < 1.29 is 19.2 Å². The molecule has 9 aromatic heterocycles. The number of rotatable bonds is 17. The van der Waals surface area contributed by atoms with E-state index in [4.69, 9.17) is 34.5 Å². The second-order valence-corrected chi connectivity index (χ2v) is 27.1. The Hall–Kier alpha value is -12.4. The molecule has 4 aliphatic rings. The van der Waals surface area contributed by atoms with Crippen molar-refractivity contribution in [2.75, 3.05) is 121 Å². The van der Waals surface area contributed by atoms with E-state index in [1.165, 1.54) is 27.6 Å². The number of piperazine rings is 4. The highest BCUT2D eigenvalue weighted by atomic mass is 35.5. The summed E-state index contributed by atoms with van der Waals surface area (Å²) in [6.07, 6.45) is 10.2. The van der Waals surface area contributed by atoms with Crippen molar-refractivity contribution in [3.63, 3.8) is 0 Å². The predicted molar refractivity (Wildman–Crippen MR) is 429 cm³/mol. The smallest absolute Gasteiger partial charge is 0.215 e. The van der Waals surface area contributed by atoms with Gasteiger partial charge in [-0.15, -0.1) is 0 Å². The summed E-state index contributed by atoms with van der Waals surface area (Å²) in [5, 5.41) is 17.3. The van der Waals surface area contributed by atoms with Crippen LogP contribution in [-0.4, -0.2) is 159 Å². The monoisotopic (exact) mass is 1480 g/mol. The Morgan fingerprint density at radius 1 is 0.394 bits per heavy atom. The van der Waals surface area contributed by atoms with Gasteiger partial charge in [0.2, 0.25) is 23.1 Å². The molecule has 13 N–H and O–H groups in total. The molecular weight excluding hydrogens is 1390 g/mol. The van der Waals surface area contributed by atoms with Gasteiger partial charge in [-0.2, -0.15) is 0 Å². The molecule has 109 heavy (non-hydrogen) atoms. The fourth-order valence-electron chi connectivity index (χ4n) is 13.6. The molecule has 25 nitrogen and oxygen atoms in total. The van der Waals surface area contributed by atoms with Gasteiger partial charge in [0.1, 0.15) is 69.3 Å². The van der Waals surface area contributed by atoms with Gasteiger partial charge in [0.25, 0.3) is 0 Å². The molecule has 12 aromatic rings. The molecule has 0 spiro atoms. The number of H-pyrrole nitrogens is 1. The Labute approximate surface area is 637 Å². The zero-order valence-electron chi connectivity index (χ0n) is 60.3. The van der Waals surface area contributed by atoms with Gasteiger partial charge < -0.3 is 68.8 Å². The molecule has 554 valence electrons. The molecule has 4 saturated heterocycles. The van der Waals surface area contributed by atoms with Gasteiger partial charge in [0.05, 0.1) is 22.3 Å². The molecule has 26 heteroatoms. The molecule has 4 aliphatic heterocycles. The Bertz CT molecular complexity index is 5130. The van der Waals surface area contributed by atoms with Gasteiger partial charge in [-0.25, -0.2) is 39.9 Å². The normalized spacial score (nSPS) is 17.0. The number of nitrogen functional groups attached to an aromatic ring is 4. The van der Waals surface area contributed by atoms with Gasteiger partial charge in [-0.1, -0.05) is 91.3 Å². The molecule has 0 amide bonds. The van der Waals surface area contributed by atoms with Gasteiger partial charge >= 0.3 is 0 Å². The molecular formula is C83H86ClN21O4. The van der Waals surface area contributed by atoms with Crippen molar-refractivity contribution in [3.05, 3.63) is 298 Å². The highest BCUT2D eigenvalue weighted by Gasteiger charge is 2.28. The maximum absolute atomic E-state index is 12.9. The number of fused-ring (bicyclic) bond motifs is 1. The molecule has 0 radical (unpaired) electrons. The van der Waals surface area contributed by atoms with E-state index in [2.05, 4.69) is 141 Å². The fraction of sp³-hybridized carbons (Fsp3) is 0.229. The van der Waals surface area contributed by atoms with E-state index in [-0.39, 0.29) is 58.5 Å². The van der Waals surface area contributed by atoms with E-state index in [9.17, 15) is 19.2 Å². The molecule has 0 aliphatic carbocycles. The number of nitrogens with two attached hydrogens (primary N) is 4. The van der Waals surface area contributed by atoms with E-state index < -0.39 is 0 Å². The third-order valence-electron chi connectivity index (χ3n) is 19.4. The number of aromatic amines is 1. The lowest BCUT2D eigenvalue weighted by molar-refractivity contribution is 0.102. The number of aromatic nitrogens is 9. The Morgan fingerprint density at radius 3 is 1.17 bits per heavy atom. The molecule has 4 unspecified atom stereocenters. The highest BCUT2D eigenvalue weighted by molar-refractivity contribution is 6.30. The lowest BCUT2D eigenvalue weighted by Crippen LogP contribution is -2.52. The lowest BCUT2D eigenvalue weighted by Gasteiger charge is -2.35. The third-order valence-corrected chi connectivity index (χ3v) is 19.7. The number of benzene rings is 3. The van der Waals surface area contributed by atoms with Crippen molar-refractivity contribution in [1.82, 2.24) is 66.1 Å². The van der Waals surface area contributed by atoms with Crippen molar-refractivity contribution >= 4 is 92.0 Å². The van der Waals surface area contributed by atoms with Gasteiger partial charge in [0, 0.05) is 151 Å². The zero-order valence-corrected chi connectivity index (χ0v) is 61.1. The first-order chi connectivity index (χ1) is 53.2. The predicted octanol–water partition coefficient (Wildman–Crippen LogP) is 9.80. The molecule has 4 atom stereocenters. The average Bonchev–Trinajstić information content (AvgIpc) is 1.80. The van der Waals surface area contributed by atoms with Gasteiger partial charge in [-0.3, -0.25) is 19.2 Å². The topological polar surface area (TPSA) is 352 Å². The molecule has 0 saturated carbocycles. The summed E-state index contributed by atoms with van der Waals surface area (Å²) in [7, 11) is 0. The number of anilines is 8. The minimum Gasteiger partial charge on any atom is -0.383 e. The SMILES string of the molecule is CCC1CN(c2cccc(C(=O)c3cccnc3N)n2)CCN1.Nc1ncccc1C(=O)c1cccc(N2CCNC(Cc3ccc[nH]3)C2)n1.Nc1ncccc1C(=O)c1cccc(N2CCNC(c3ccc(Cl)cc3)C2)n1.Nc1ncccc1C(=O)c1cccc(N2CCNC(c3ccc4ccccc4c3)C2)n1. The summed E-state index contributed by atoms with van der Waals surface area (Å²) in [5.41, 5.74) is 30.0. The largest absolute Gasteiger partial charge is 0.383 e. The quantitative estimate of drug-likeness (QED) is 0.0383. The molecule has 16 rings (SSSR count). The number of hydrogen-bond donors (Lipinski definition) is 9. The van der Waals surface area contributed by atoms with Crippen LogP contribution in [0.5, 0.6) is 0 Å². The maximum atomic E-state index is 12.9. The number of carbonyl (C=O) groups excluding carboxylic acids is 4. The molecule has 0 bridgehead atoms. The van der Waals surface area contributed by atoms with Crippen LogP contribution in [0.3, 0.4) is 0 Å². The van der Waals surface area contributed by atoms with Crippen LogP contribution < -0.4 is 63.8 Å². The summed E-state index contributed by atoms with van der Waals surface area (Å²) in [6, 6.07) is 63.7. The van der Waals surface area contributed by atoms with Crippen LogP contribution in [0, 0.1) is 0 Å². The molecule has 13 heterocycles. The Balaban J connectivity index is 0.000000129. The van der Waals surface area contributed by atoms with Gasteiger partial charge in [0.15, 0.2) is 0 Å². The van der Waals surface area contributed by atoms with Gasteiger partial charge in [-0.05, 0) is 156 Å². The summed E-state index contributed by atoms with van der Waals surface area (Å²) >= 11 is 6.00. The van der Waals surface area contributed by atoms with Crippen molar-refractivity contribution in [3.8, 4) is 0 Å². The fourth-order valence-corrected chi connectivity index (χ4v) is 13.7. The van der Waals surface area contributed by atoms with E-state index in [0.29, 0.717) is 57.1 Å². The highest BCUT2D eigenvalue weighted by Crippen LogP contribution is 2.29. The second-order valence-electron chi connectivity index (χ2n) is 26.7. The number of nitrogens with zero attached hydrogens (tertiary/aromatic N) is 12. The summed E-state index contributed by atoms with van der Waals surface area (Å²) in [4.78, 5) is 97.5. The number of ketones is 4. The second kappa shape index (κ2) is 35.8. The maximum Gasteiger partial charge on any atom is 0.215 e. The third kappa shape index (κ3) is 18.9. The number of carbonyl (C=O) groups is 4. The number of nitrogens with one attached hydrogen (secondary N) is 5. The van der Waals surface area contributed by atoms with Crippen LogP contribution in [0.2, 0.25) is 5.02 Å². The van der Waals surface area contributed by atoms with Crippen LogP contribution in [0.15, 0.2) is 231 Å². The minimum absolute atomic E-state index is 0.168. The number of pyridine rings is 8. The standard InChI is InChI=1S/C25H23N5O.C21H20ClN5O.C20H22N6O.C17H21N5O/c26-25-20(7-4-12-28-25)24(31)21-8-3-9-23(29-21)30-14-13-27-22(16-30)19-11-10-17-5-1-2-6-18(17)15-19;22-15-8-6-14(7-9-15)18-13-27(12-11-24-18)19-5-1-4-17(26-19)20(28)16-3-2-10-25-21(16)23;21-20-16(5-3-9-24-20)19(27)17-6-1-7-18(25-17)26-11-10-23-15(13-26)12-14-4-2-8-22-14;1-2-12-11-22(10-9-19-12)15-7-3-6-14(21-15)16(23)13-5-4-8-20-17(13)18/h1-12,15,22,27H,13-14,16H2,(H2,26,28);1-10,18,24H,11-13H2,(H2,23,25);1-9,15,22-23H,10-13H2,(H2,21,24);3-8,12,19H,2,9-11H2,1H3,(H2,18,20). The zero-order chi connectivity index (χ0) is 75.6. The average molecular weight is 1480 g/mol. The molecule has 4 fully saturated rings. The Kier molecular flexibility index (Phi) is 24.6. The first-order valence-corrected chi connectivity index (χ1v) is 36.8. The van der Waals surface area contributed by atoms with E-state index >= 15 is 0 Å². The van der Waals surface area contributed by atoms with Crippen molar-refractivity contribution in [2.45, 2.75) is 43.9 Å². The van der Waals surface area contributed by atoms with E-state index in [1.807, 2.05) is 85.1 Å². The summed E-state index contributed by atoms with van der Waals surface area (Å²) in [5.74, 6) is 3.25. The van der Waals surface area contributed by atoms with Crippen LogP contribution in [0.25, 0.3) is 10.8 Å². The van der Waals surface area contributed by atoms with Crippen LogP contribution in [0.1, 0.15) is 106 Å². The van der Waals surface area contributed by atoms with E-state index in [1.54, 1.807) is 97.6 Å². The summed E-state index contributed by atoms with van der Waals surface area (Å²) in [6.45, 7) is 12.3. The molecule has 3 aromatic carbocycles. The number of halogens is 1. The minimum atomic E-state index is -0.225. The Morgan fingerprint density at radius 2 is 0.771 bits per heavy atom.